The number of pyridine rings is 1. The van der Waals surface area contributed by atoms with E-state index in [0.29, 0.717) is 16.2 Å². The number of ether oxygens (including phenoxy) is 1. The first-order valence-corrected chi connectivity index (χ1v) is 5.12. The summed E-state index contributed by atoms with van der Waals surface area (Å²) in [4.78, 5) is 12.0. The number of hydrogen-bond acceptors (Lipinski definition) is 4. The van der Waals surface area contributed by atoms with Gasteiger partial charge in [0.25, 0.3) is 0 Å². The van der Waals surface area contributed by atoms with E-state index in [1.165, 1.54) is 6.33 Å². The van der Waals surface area contributed by atoms with Crippen LogP contribution in [0, 0.1) is 6.92 Å². The minimum atomic E-state index is 0.493. The van der Waals surface area contributed by atoms with Crippen molar-refractivity contribution in [1.29, 1.82) is 0 Å². The van der Waals surface area contributed by atoms with Gasteiger partial charge < -0.3 is 4.74 Å². The van der Waals surface area contributed by atoms with E-state index in [-0.39, 0.29) is 0 Å². The predicted molar refractivity (Wildman–Crippen MR) is 58.8 cm³/mol. The van der Waals surface area contributed by atoms with Gasteiger partial charge >= 0.3 is 0 Å². The van der Waals surface area contributed by atoms with Gasteiger partial charge in [0.1, 0.15) is 10.9 Å². The van der Waals surface area contributed by atoms with Crippen molar-refractivity contribution >= 4 is 15.9 Å². The summed E-state index contributed by atoms with van der Waals surface area (Å²) in [5.41, 5.74) is 0.826. The predicted octanol–water partition coefficient (Wildman–Crippen LogP) is 2.73. The average Bonchev–Trinajstić information content (AvgIpc) is 2.22. The van der Waals surface area contributed by atoms with Gasteiger partial charge in [-0.25, -0.2) is 9.97 Å². The van der Waals surface area contributed by atoms with Crippen LogP contribution in [0.5, 0.6) is 11.6 Å². The number of hydrogen-bond donors (Lipinski definition) is 0. The van der Waals surface area contributed by atoms with Crippen molar-refractivity contribution in [2.24, 2.45) is 0 Å². The normalized spacial score (nSPS) is 10.0. The van der Waals surface area contributed by atoms with Crippen molar-refractivity contribution in [2.45, 2.75) is 6.92 Å². The zero-order chi connectivity index (χ0) is 10.7. The van der Waals surface area contributed by atoms with Crippen LogP contribution in [0.4, 0.5) is 0 Å². The molecule has 2 aromatic heterocycles. The minimum Gasteiger partial charge on any atom is -0.437 e. The molecule has 0 amide bonds. The van der Waals surface area contributed by atoms with E-state index in [9.17, 15) is 0 Å². The van der Waals surface area contributed by atoms with E-state index in [2.05, 4.69) is 30.9 Å². The number of nitrogens with zero attached hydrogens (tertiary/aromatic N) is 3. The SMILES string of the molecule is Cc1ncccc1Oc1cc(Br)ncn1. The Hall–Kier alpha value is -1.49. The molecule has 2 heterocycles. The van der Waals surface area contributed by atoms with Crippen molar-refractivity contribution in [2.75, 3.05) is 0 Å². The molecule has 2 aromatic rings. The Kier molecular flexibility index (Phi) is 2.91. The lowest BCUT2D eigenvalue weighted by Gasteiger charge is -2.05. The van der Waals surface area contributed by atoms with Crippen LogP contribution in [0.25, 0.3) is 0 Å². The maximum atomic E-state index is 5.55. The van der Waals surface area contributed by atoms with E-state index in [0.717, 1.165) is 5.69 Å². The Morgan fingerprint density at radius 1 is 1.27 bits per heavy atom. The van der Waals surface area contributed by atoms with Gasteiger partial charge in [-0.1, -0.05) is 0 Å². The molecular weight excluding hydrogens is 258 g/mol. The highest BCUT2D eigenvalue weighted by Crippen LogP contribution is 2.22. The van der Waals surface area contributed by atoms with Crippen LogP contribution >= 0.6 is 15.9 Å². The lowest BCUT2D eigenvalue weighted by atomic mass is 10.3. The van der Waals surface area contributed by atoms with Gasteiger partial charge in [-0.3, -0.25) is 4.98 Å². The Morgan fingerprint density at radius 3 is 2.87 bits per heavy atom. The molecule has 0 N–H and O–H groups in total. The molecule has 0 saturated carbocycles. The topological polar surface area (TPSA) is 47.9 Å². The molecule has 0 aliphatic heterocycles. The third-order valence-electron chi connectivity index (χ3n) is 1.78. The Labute approximate surface area is 95.5 Å². The van der Waals surface area contributed by atoms with Gasteiger partial charge in [0.15, 0.2) is 5.75 Å². The second-order valence-corrected chi connectivity index (χ2v) is 3.68. The molecule has 0 fully saturated rings. The summed E-state index contributed by atoms with van der Waals surface area (Å²) in [5.74, 6) is 1.19. The third-order valence-corrected chi connectivity index (χ3v) is 2.22. The van der Waals surface area contributed by atoms with Crippen LogP contribution in [0.3, 0.4) is 0 Å². The fourth-order valence-electron chi connectivity index (χ4n) is 1.06. The first-order chi connectivity index (χ1) is 7.25. The lowest BCUT2D eigenvalue weighted by molar-refractivity contribution is 0.454. The van der Waals surface area contributed by atoms with Gasteiger partial charge in [-0.15, -0.1) is 0 Å². The van der Waals surface area contributed by atoms with E-state index in [1.807, 2.05) is 19.1 Å². The molecule has 0 aliphatic rings. The van der Waals surface area contributed by atoms with Crippen molar-refractivity contribution in [3.63, 3.8) is 0 Å². The quantitative estimate of drug-likeness (QED) is 0.784. The summed E-state index contributed by atoms with van der Waals surface area (Å²) in [6, 6.07) is 5.36. The molecule has 0 unspecified atom stereocenters. The Bertz CT molecular complexity index is 476. The lowest BCUT2D eigenvalue weighted by Crippen LogP contribution is -1.92. The first-order valence-electron chi connectivity index (χ1n) is 4.33. The zero-order valence-electron chi connectivity index (χ0n) is 8.01. The third kappa shape index (κ3) is 2.50. The van der Waals surface area contributed by atoms with Crippen molar-refractivity contribution < 1.29 is 4.74 Å². The van der Waals surface area contributed by atoms with Gasteiger partial charge in [-0.2, -0.15) is 0 Å². The average molecular weight is 266 g/mol. The highest BCUT2D eigenvalue weighted by atomic mass is 79.9. The van der Waals surface area contributed by atoms with Crippen LogP contribution < -0.4 is 4.74 Å². The number of halogens is 1. The Morgan fingerprint density at radius 2 is 2.13 bits per heavy atom. The van der Waals surface area contributed by atoms with Gasteiger partial charge in [0.05, 0.1) is 5.69 Å². The second-order valence-electron chi connectivity index (χ2n) is 2.87. The fraction of sp³-hybridized carbons (Fsp3) is 0.100. The van der Waals surface area contributed by atoms with Gasteiger partial charge in [0.2, 0.25) is 5.88 Å². The molecule has 15 heavy (non-hydrogen) atoms. The molecule has 2 rings (SSSR count). The molecule has 0 spiro atoms. The molecule has 0 aromatic carbocycles. The maximum Gasteiger partial charge on any atom is 0.223 e. The highest BCUT2D eigenvalue weighted by molar-refractivity contribution is 9.10. The molecule has 76 valence electrons. The van der Waals surface area contributed by atoms with Crippen LogP contribution in [0.2, 0.25) is 0 Å². The Balaban J connectivity index is 2.26. The summed E-state index contributed by atoms with van der Waals surface area (Å²) in [5, 5.41) is 0. The standard InChI is InChI=1S/C10H8BrN3O/c1-7-8(3-2-4-12-7)15-10-5-9(11)13-6-14-10/h2-6H,1H3. The van der Waals surface area contributed by atoms with Crippen molar-refractivity contribution in [3.8, 4) is 11.6 Å². The van der Waals surface area contributed by atoms with Gasteiger partial charge in [0, 0.05) is 12.3 Å². The van der Waals surface area contributed by atoms with E-state index >= 15 is 0 Å². The van der Waals surface area contributed by atoms with Crippen LogP contribution in [0.1, 0.15) is 5.69 Å². The maximum absolute atomic E-state index is 5.55. The number of rotatable bonds is 2. The summed E-state index contributed by atoms with van der Waals surface area (Å²) in [6.07, 6.45) is 3.16. The molecule has 4 nitrogen and oxygen atoms in total. The summed E-state index contributed by atoms with van der Waals surface area (Å²) in [6.45, 7) is 1.88. The summed E-state index contributed by atoms with van der Waals surface area (Å²) in [7, 11) is 0. The van der Waals surface area contributed by atoms with Crippen LogP contribution in [-0.2, 0) is 0 Å². The van der Waals surface area contributed by atoms with Crippen molar-refractivity contribution in [3.05, 3.63) is 41.0 Å². The first kappa shape index (κ1) is 10.0. The highest BCUT2D eigenvalue weighted by Gasteiger charge is 2.02. The second kappa shape index (κ2) is 4.35. The summed E-state index contributed by atoms with van der Waals surface area (Å²) < 4.78 is 6.24. The zero-order valence-corrected chi connectivity index (χ0v) is 9.60. The molecule has 0 atom stereocenters. The molecule has 0 saturated heterocycles. The minimum absolute atomic E-state index is 0.493. The fourth-order valence-corrected chi connectivity index (χ4v) is 1.35. The molecular formula is C10H8BrN3O. The number of aryl methyl sites for hydroxylation is 1. The molecule has 0 aliphatic carbocycles. The number of aromatic nitrogens is 3. The van der Waals surface area contributed by atoms with Crippen molar-refractivity contribution in [1.82, 2.24) is 15.0 Å². The smallest absolute Gasteiger partial charge is 0.223 e. The van der Waals surface area contributed by atoms with E-state index in [1.54, 1.807) is 12.3 Å². The summed E-state index contributed by atoms with van der Waals surface area (Å²) >= 11 is 3.25. The van der Waals surface area contributed by atoms with Gasteiger partial charge in [-0.05, 0) is 35.0 Å². The molecule has 0 radical (unpaired) electrons. The molecule has 5 heteroatoms. The largest absolute Gasteiger partial charge is 0.437 e. The van der Waals surface area contributed by atoms with Crippen LogP contribution in [-0.4, -0.2) is 15.0 Å². The monoisotopic (exact) mass is 265 g/mol. The van der Waals surface area contributed by atoms with E-state index in [4.69, 9.17) is 4.74 Å². The van der Waals surface area contributed by atoms with Crippen LogP contribution in [0.15, 0.2) is 35.3 Å². The molecule has 0 bridgehead atoms. The van der Waals surface area contributed by atoms with E-state index < -0.39 is 0 Å².